The lowest BCUT2D eigenvalue weighted by molar-refractivity contribution is -0.128. The molecular formula is C20H32N2O. The van der Waals surface area contributed by atoms with Gasteiger partial charge >= 0.3 is 0 Å². The molecule has 2 rings (SSSR count). The number of rotatable bonds is 5. The summed E-state index contributed by atoms with van der Waals surface area (Å²) in [6, 6.07) is 6.68. The van der Waals surface area contributed by atoms with Crippen molar-refractivity contribution in [3.05, 3.63) is 34.9 Å². The second kappa shape index (κ2) is 7.48. The topological polar surface area (TPSA) is 32.3 Å². The van der Waals surface area contributed by atoms with Crippen molar-refractivity contribution >= 4 is 5.91 Å². The third-order valence-corrected chi connectivity index (χ3v) is 5.06. The van der Waals surface area contributed by atoms with Crippen molar-refractivity contribution in [2.45, 2.75) is 58.9 Å². The smallest absolute Gasteiger partial charge is 0.225 e. The van der Waals surface area contributed by atoms with Crippen molar-refractivity contribution in [2.75, 3.05) is 20.1 Å². The Morgan fingerprint density at radius 1 is 1.30 bits per heavy atom. The van der Waals surface area contributed by atoms with E-state index in [0.717, 1.165) is 38.8 Å². The molecule has 0 radical (unpaired) electrons. The van der Waals surface area contributed by atoms with E-state index < -0.39 is 0 Å². The number of benzene rings is 1. The van der Waals surface area contributed by atoms with Crippen LogP contribution in [0.3, 0.4) is 0 Å². The molecular weight excluding hydrogens is 284 g/mol. The zero-order valence-electron chi connectivity index (χ0n) is 15.4. The number of carbonyl (C=O) groups excluding carboxylic acids is 1. The average molecular weight is 316 g/mol. The number of hydrogen-bond donors (Lipinski definition) is 1. The number of nitrogens with one attached hydrogen (secondary N) is 1. The molecule has 0 aliphatic carbocycles. The third-order valence-electron chi connectivity index (χ3n) is 5.06. The molecule has 0 bridgehead atoms. The fraction of sp³-hybridized carbons (Fsp3) is 0.650. The molecule has 1 N–H and O–H groups in total. The van der Waals surface area contributed by atoms with Crippen molar-refractivity contribution < 1.29 is 4.79 Å². The molecule has 1 aromatic rings. The van der Waals surface area contributed by atoms with Crippen LogP contribution in [0.5, 0.6) is 0 Å². The van der Waals surface area contributed by atoms with E-state index in [1.165, 1.54) is 16.7 Å². The standard InChI is InChI=1S/C20H32N2O/c1-6-15-10-11-18(16(7-2)13-15)20(3,4)21-19(23)17-9-8-12-22(5)14-17/h10-11,13,17H,6-9,12,14H2,1-5H3,(H,21,23). The van der Waals surface area contributed by atoms with Crippen LogP contribution in [-0.4, -0.2) is 30.9 Å². The van der Waals surface area contributed by atoms with E-state index in [0.29, 0.717) is 0 Å². The van der Waals surface area contributed by atoms with Gasteiger partial charge in [-0.25, -0.2) is 0 Å². The molecule has 1 heterocycles. The van der Waals surface area contributed by atoms with Gasteiger partial charge in [-0.3, -0.25) is 4.79 Å². The van der Waals surface area contributed by atoms with Crippen molar-refractivity contribution in [1.29, 1.82) is 0 Å². The molecule has 1 aliphatic rings. The summed E-state index contributed by atoms with van der Waals surface area (Å²) < 4.78 is 0. The van der Waals surface area contributed by atoms with E-state index in [1.807, 2.05) is 0 Å². The van der Waals surface area contributed by atoms with Gasteiger partial charge in [-0.05, 0) is 69.8 Å². The molecule has 0 spiro atoms. The highest BCUT2D eigenvalue weighted by molar-refractivity contribution is 5.80. The number of amides is 1. The fourth-order valence-electron chi connectivity index (χ4n) is 3.63. The monoisotopic (exact) mass is 316 g/mol. The van der Waals surface area contributed by atoms with Gasteiger partial charge in [-0.15, -0.1) is 0 Å². The van der Waals surface area contributed by atoms with Crippen molar-refractivity contribution in [1.82, 2.24) is 10.2 Å². The molecule has 1 unspecified atom stereocenters. The molecule has 1 atom stereocenters. The first kappa shape index (κ1) is 18.0. The Morgan fingerprint density at radius 3 is 2.65 bits per heavy atom. The summed E-state index contributed by atoms with van der Waals surface area (Å²) in [6.45, 7) is 10.6. The van der Waals surface area contributed by atoms with Crippen LogP contribution < -0.4 is 5.32 Å². The first-order valence-electron chi connectivity index (χ1n) is 9.00. The number of likely N-dealkylation sites (tertiary alicyclic amines) is 1. The fourth-order valence-corrected chi connectivity index (χ4v) is 3.63. The first-order chi connectivity index (χ1) is 10.9. The lowest BCUT2D eigenvalue weighted by atomic mass is 9.86. The molecule has 1 aliphatic heterocycles. The lowest BCUT2D eigenvalue weighted by Gasteiger charge is -2.34. The van der Waals surface area contributed by atoms with Crippen LogP contribution in [0.15, 0.2) is 18.2 Å². The molecule has 1 aromatic carbocycles. The minimum absolute atomic E-state index is 0.119. The van der Waals surface area contributed by atoms with Gasteiger partial charge in [0.1, 0.15) is 0 Å². The quantitative estimate of drug-likeness (QED) is 0.901. The summed E-state index contributed by atoms with van der Waals surface area (Å²) in [7, 11) is 2.10. The Labute approximate surface area is 141 Å². The summed E-state index contributed by atoms with van der Waals surface area (Å²) in [5.41, 5.74) is 3.62. The van der Waals surface area contributed by atoms with Crippen LogP contribution in [0.1, 0.15) is 57.2 Å². The summed E-state index contributed by atoms with van der Waals surface area (Å²) in [6.07, 6.45) is 4.16. The minimum atomic E-state index is -0.329. The molecule has 3 nitrogen and oxygen atoms in total. The predicted octanol–water partition coefficient (Wildman–Crippen LogP) is 3.50. The maximum Gasteiger partial charge on any atom is 0.225 e. The largest absolute Gasteiger partial charge is 0.347 e. The van der Waals surface area contributed by atoms with Crippen LogP contribution in [0.25, 0.3) is 0 Å². The Balaban J connectivity index is 2.16. The number of aryl methyl sites for hydroxylation is 2. The number of carbonyl (C=O) groups is 1. The summed E-state index contributed by atoms with van der Waals surface area (Å²) in [5, 5.41) is 3.31. The Kier molecular flexibility index (Phi) is 5.85. The molecule has 1 amide bonds. The van der Waals surface area contributed by atoms with Gasteiger partial charge in [0.05, 0.1) is 11.5 Å². The molecule has 128 valence electrons. The molecule has 1 saturated heterocycles. The number of piperidine rings is 1. The summed E-state index contributed by atoms with van der Waals surface area (Å²) in [4.78, 5) is 15.0. The van der Waals surface area contributed by atoms with Crippen molar-refractivity contribution in [3.8, 4) is 0 Å². The summed E-state index contributed by atoms with van der Waals surface area (Å²) in [5.74, 6) is 0.316. The highest BCUT2D eigenvalue weighted by atomic mass is 16.2. The van der Waals surface area contributed by atoms with Crippen LogP contribution in [0.2, 0.25) is 0 Å². The second-order valence-corrected chi connectivity index (χ2v) is 7.41. The predicted molar refractivity (Wildman–Crippen MR) is 96.6 cm³/mol. The molecule has 0 saturated carbocycles. The first-order valence-corrected chi connectivity index (χ1v) is 9.00. The van der Waals surface area contributed by atoms with Gasteiger partial charge in [-0.1, -0.05) is 32.0 Å². The van der Waals surface area contributed by atoms with E-state index >= 15 is 0 Å². The zero-order chi connectivity index (χ0) is 17.0. The SMILES string of the molecule is CCc1ccc(C(C)(C)NC(=O)C2CCCN(C)C2)c(CC)c1. The van der Waals surface area contributed by atoms with Gasteiger partial charge in [0.25, 0.3) is 0 Å². The highest BCUT2D eigenvalue weighted by Gasteiger charge is 2.30. The van der Waals surface area contributed by atoms with E-state index in [4.69, 9.17) is 0 Å². The van der Waals surface area contributed by atoms with Crippen LogP contribution >= 0.6 is 0 Å². The number of hydrogen-bond acceptors (Lipinski definition) is 2. The molecule has 0 aromatic heterocycles. The Hall–Kier alpha value is -1.35. The van der Waals surface area contributed by atoms with Gasteiger partial charge in [0.15, 0.2) is 0 Å². The molecule has 3 heteroatoms. The summed E-state index contributed by atoms with van der Waals surface area (Å²) >= 11 is 0. The Morgan fingerprint density at radius 2 is 2.04 bits per heavy atom. The van der Waals surface area contributed by atoms with Crippen LogP contribution in [-0.2, 0) is 23.2 Å². The van der Waals surface area contributed by atoms with Crippen molar-refractivity contribution in [2.24, 2.45) is 5.92 Å². The molecule has 1 fully saturated rings. The third kappa shape index (κ3) is 4.35. The van der Waals surface area contributed by atoms with E-state index in [9.17, 15) is 4.79 Å². The highest BCUT2D eigenvalue weighted by Crippen LogP contribution is 2.27. The normalized spacial score (nSPS) is 19.6. The molecule has 23 heavy (non-hydrogen) atoms. The average Bonchev–Trinajstić information content (AvgIpc) is 2.53. The van der Waals surface area contributed by atoms with Gasteiger partial charge in [0, 0.05) is 6.54 Å². The minimum Gasteiger partial charge on any atom is -0.347 e. The Bertz CT molecular complexity index is 551. The van der Waals surface area contributed by atoms with Crippen molar-refractivity contribution in [3.63, 3.8) is 0 Å². The van der Waals surface area contributed by atoms with E-state index in [1.54, 1.807) is 0 Å². The second-order valence-electron chi connectivity index (χ2n) is 7.41. The maximum absolute atomic E-state index is 12.7. The van der Waals surface area contributed by atoms with E-state index in [-0.39, 0.29) is 17.4 Å². The van der Waals surface area contributed by atoms with Gasteiger partial charge in [-0.2, -0.15) is 0 Å². The number of nitrogens with zero attached hydrogens (tertiary/aromatic N) is 1. The van der Waals surface area contributed by atoms with E-state index in [2.05, 4.69) is 63.2 Å². The van der Waals surface area contributed by atoms with Gasteiger partial charge in [0.2, 0.25) is 5.91 Å². The van der Waals surface area contributed by atoms with Crippen LogP contribution in [0.4, 0.5) is 0 Å². The van der Waals surface area contributed by atoms with Gasteiger partial charge < -0.3 is 10.2 Å². The van der Waals surface area contributed by atoms with Crippen LogP contribution in [0, 0.1) is 5.92 Å². The maximum atomic E-state index is 12.7. The zero-order valence-corrected chi connectivity index (χ0v) is 15.4. The lowest BCUT2D eigenvalue weighted by Crippen LogP contribution is -2.48.